The molecule has 2 aromatic carbocycles. The van der Waals surface area contributed by atoms with Crippen LogP contribution in [0.2, 0.25) is 5.02 Å². The summed E-state index contributed by atoms with van der Waals surface area (Å²) in [6.07, 6.45) is 0. The monoisotopic (exact) mass is 473 g/mol. The van der Waals surface area contributed by atoms with Crippen molar-refractivity contribution in [2.75, 3.05) is 11.1 Å². The third kappa shape index (κ3) is 4.37. The summed E-state index contributed by atoms with van der Waals surface area (Å²) >= 11 is 8.61. The van der Waals surface area contributed by atoms with E-state index in [1.165, 1.54) is 28.0 Å². The van der Waals surface area contributed by atoms with Crippen molar-refractivity contribution in [3.8, 4) is 5.69 Å². The Morgan fingerprint density at radius 3 is 2.77 bits per heavy atom. The predicted octanol–water partition coefficient (Wildman–Crippen LogP) is 5.59. The molecular weight excluding hydrogens is 457 g/mol. The van der Waals surface area contributed by atoms with Gasteiger partial charge in [-0.3, -0.25) is 14.2 Å². The van der Waals surface area contributed by atoms with Crippen molar-refractivity contribution >= 4 is 56.5 Å². The van der Waals surface area contributed by atoms with Gasteiger partial charge in [-0.15, -0.1) is 11.3 Å². The van der Waals surface area contributed by atoms with Gasteiger partial charge in [0.2, 0.25) is 5.91 Å². The molecule has 4 aromatic rings. The number of aryl methyl sites for hydroxylation is 2. The number of thiophene rings is 1. The summed E-state index contributed by atoms with van der Waals surface area (Å²) in [5.41, 5.74) is 2.63. The van der Waals surface area contributed by atoms with Crippen LogP contribution in [0.5, 0.6) is 0 Å². The number of nitrogens with one attached hydrogen (secondary N) is 1. The fraction of sp³-hybridized carbons (Fsp3) is 0.136. The summed E-state index contributed by atoms with van der Waals surface area (Å²) in [7, 11) is 0. The second kappa shape index (κ2) is 8.82. The van der Waals surface area contributed by atoms with Gasteiger partial charge in [0.25, 0.3) is 5.56 Å². The smallest absolute Gasteiger partial charge is 0.276 e. The summed E-state index contributed by atoms with van der Waals surface area (Å²) in [4.78, 5) is 30.3. The Labute approximate surface area is 190 Å². The Hall–Kier alpha value is -2.68. The van der Waals surface area contributed by atoms with Crippen molar-refractivity contribution in [3.05, 3.63) is 80.2 Å². The first-order valence-electron chi connectivity index (χ1n) is 9.29. The number of benzene rings is 2. The van der Waals surface area contributed by atoms with Crippen LogP contribution in [0.25, 0.3) is 15.9 Å². The van der Waals surface area contributed by atoms with Gasteiger partial charge in [-0.1, -0.05) is 35.5 Å². The maximum absolute atomic E-state index is 13.8. The average molecular weight is 474 g/mol. The lowest BCUT2D eigenvalue weighted by Crippen LogP contribution is -2.22. The number of fused-ring (bicyclic) bond motifs is 1. The molecule has 0 fully saturated rings. The van der Waals surface area contributed by atoms with Gasteiger partial charge in [-0.2, -0.15) is 0 Å². The maximum atomic E-state index is 13.8. The molecule has 0 radical (unpaired) electrons. The van der Waals surface area contributed by atoms with Crippen LogP contribution in [-0.2, 0) is 4.79 Å². The predicted molar refractivity (Wildman–Crippen MR) is 125 cm³/mol. The van der Waals surface area contributed by atoms with E-state index < -0.39 is 0 Å². The third-order valence-electron chi connectivity index (χ3n) is 4.67. The van der Waals surface area contributed by atoms with E-state index in [-0.39, 0.29) is 23.0 Å². The minimum absolute atomic E-state index is 0.0208. The average Bonchev–Trinajstić information content (AvgIpc) is 3.21. The minimum atomic E-state index is -0.356. The first kappa shape index (κ1) is 21.5. The number of thioether (sulfide) groups is 1. The summed E-state index contributed by atoms with van der Waals surface area (Å²) < 4.78 is 15.7. The van der Waals surface area contributed by atoms with Crippen molar-refractivity contribution < 1.29 is 9.18 Å². The van der Waals surface area contributed by atoms with E-state index in [2.05, 4.69) is 10.3 Å². The van der Waals surface area contributed by atoms with E-state index in [0.29, 0.717) is 37.3 Å². The number of hydrogen-bond donors (Lipinski definition) is 1. The van der Waals surface area contributed by atoms with Crippen LogP contribution in [0.3, 0.4) is 0 Å². The van der Waals surface area contributed by atoms with Gasteiger partial charge in [0, 0.05) is 0 Å². The van der Waals surface area contributed by atoms with E-state index >= 15 is 0 Å². The molecule has 9 heteroatoms. The molecule has 0 saturated heterocycles. The molecule has 1 amide bonds. The molecule has 158 valence electrons. The zero-order valence-electron chi connectivity index (χ0n) is 16.6. The van der Waals surface area contributed by atoms with Crippen molar-refractivity contribution in [3.63, 3.8) is 0 Å². The van der Waals surface area contributed by atoms with E-state index in [1.807, 2.05) is 19.1 Å². The number of nitrogens with zero attached hydrogens (tertiary/aromatic N) is 2. The fourth-order valence-corrected chi connectivity index (χ4v) is 4.92. The second-order valence-corrected chi connectivity index (χ2v) is 9.14. The van der Waals surface area contributed by atoms with Gasteiger partial charge in [-0.05, 0) is 60.7 Å². The van der Waals surface area contributed by atoms with Crippen LogP contribution in [0, 0.1) is 19.7 Å². The summed E-state index contributed by atoms with van der Waals surface area (Å²) in [6, 6.07) is 11.6. The lowest BCUT2D eigenvalue weighted by atomic mass is 10.2. The second-order valence-electron chi connectivity index (χ2n) is 6.87. The number of anilines is 1. The first-order chi connectivity index (χ1) is 14.8. The van der Waals surface area contributed by atoms with Gasteiger partial charge < -0.3 is 5.32 Å². The van der Waals surface area contributed by atoms with Crippen molar-refractivity contribution in [1.29, 1.82) is 0 Å². The number of para-hydroxylation sites is 1. The van der Waals surface area contributed by atoms with Gasteiger partial charge >= 0.3 is 0 Å². The zero-order chi connectivity index (χ0) is 22.1. The lowest BCUT2D eigenvalue weighted by Gasteiger charge is -2.13. The van der Waals surface area contributed by atoms with Crippen LogP contribution in [0.4, 0.5) is 10.1 Å². The molecule has 2 aromatic heterocycles. The summed E-state index contributed by atoms with van der Waals surface area (Å²) in [6.45, 7) is 3.49. The number of amides is 1. The number of rotatable bonds is 5. The highest BCUT2D eigenvalue weighted by Gasteiger charge is 2.17. The first-order valence-corrected chi connectivity index (χ1v) is 11.5. The van der Waals surface area contributed by atoms with Crippen molar-refractivity contribution in [2.45, 2.75) is 19.0 Å². The standard InChI is InChI=1S/C22H17ClFN3O2S2/c1-12-4-3-5-15(23)19(12)26-18(28)11-31-22-25-17-8-9-30-20(17)21(29)27(22)14-6-7-16(24)13(2)10-14/h3-10H,11H2,1-2H3,(H,26,28). The number of aromatic nitrogens is 2. The van der Waals surface area contributed by atoms with E-state index in [1.54, 1.807) is 30.5 Å². The molecule has 0 saturated carbocycles. The highest BCUT2D eigenvalue weighted by atomic mass is 35.5. The topological polar surface area (TPSA) is 64.0 Å². The molecule has 5 nitrogen and oxygen atoms in total. The van der Waals surface area contributed by atoms with Crippen LogP contribution in [0.1, 0.15) is 11.1 Å². The van der Waals surface area contributed by atoms with E-state index in [9.17, 15) is 14.0 Å². The molecular formula is C22H17ClFN3O2S2. The van der Waals surface area contributed by atoms with Crippen LogP contribution < -0.4 is 10.9 Å². The Bertz CT molecular complexity index is 1350. The zero-order valence-corrected chi connectivity index (χ0v) is 19.0. The Balaban J connectivity index is 1.67. The van der Waals surface area contributed by atoms with Gasteiger partial charge in [0.15, 0.2) is 5.16 Å². The largest absolute Gasteiger partial charge is 0.324 e. The Kier molecular flexibility index (Phi) is 6.13. The summed E-state index contributed by atoms with van der Waals surface area (Å²) in [5.74, 6) is -0.610. The molecule has 0 spiro atoms. The molecule has 0 bridgehead atoms. The number of carbonyl (C=O) groups excluding carboxylic acids is 1. The number of hydrogen-bond acceptors (Lipinski definition) is 5. The van der Waals surface area contributed by atoms with Crippen molar-refractivity contribution in [2.24, 2.45) is 0 Å². The normalized spacial score (nSPS) is 11.1. The maximum Gasteiger partial charge on any atom is 0.276 e. The molecule has 0 aliphatic carbocycles. The Morgan fingerprint density at radius 2 is 2.03 bits per heavy atom. The highest BCUT2D eigenvalue weighted by molar-refractivity contribution is 7.99. The molecule has 1 N–H and O–H groups in total. The van der Waals surface area contributed by atoms with Crippen LogP contribution in [0.15, 0.2) is 57.8 Å². The van der Waals surface area contributed by atoms with E-state index in [0.717, 1.165) is 17.3 Å². The van der Waals surface area contributed by atoms with Gasteiger partial charge in [0.05, 0.1) is 27.7 Å². The van der Waals surface area contributed by atoms with Gasteiger partial charge in [-0.25, -0.2) is 9.37 Å². The third-order valence-corrected chi connectivity index (χ3v) is 6.81. The minimum Gasteiger partial charge on any atom is -0.324 e. The molecule has 31 heavy (non-hydrogen) atoms. The molecule has 0 aliphatic heterocycles. The number of halogens is 2. The summed E-state index contributed by atoms with van der Waals surface area (Å²) in [5, 5.41) is 5.42. The van der Waals surface area contributed by atoms with Gasteiger partial charge in [0.1, 0.15) is 10.5 Å². The van der Waals surface area contributed by atoms with E-state index in [4.69, 9.17) is 11.6 Å². The lowest BCUT2D eigenvalue weighted by molar-refractivity contribution is -0.113. The molecule has 4 rings (SSSR count). The molecule has 0 aliphatic rings. The number of carbonyl (C=O) groups is 1. The van der Waals surface area contributed by atoms with Crippen molar-refractivity contribution in [1.82, 2.24) is 9.55 Å². The SMILES string of the molecule is Cc1cc(-n2c(SCC(=O)Nc3c(C)cccc3Cl)nc3ccsc3c2=O)ccc1F. The quantitative estimate of drug-likeness (QED) is 0.303. The fourth-order valence-electron chi connectivity index (χ4n) is 3.08. The molecule has 0 unspecified atom stereocenters. The molecule has 2 heterocycles. The highest BCUT2D eigenvalue weighted by Crippen LogP contribution is 2.27. The van der Waals surface area contributed by atoms with Crippen LogP contribution >= 0.6 is 34.7 Å². The molecule has 0 atom stereocenters. The van der Waals surface area contributed by atoms with Crippen LogP contribution in [-0.4, -0.2) is 21.2 Å². The Morgan fingerprint density at radius 1 is 1.23 bits per heavy atom.